The average Bonchev–Trinajstić information content (AvgIpc) is 3.28. The molecule has 9 nitrogen and oxygen atoms in total. The lowest BCUT2D eigenvalue weighted by molar-refractivity contribution is -0.214. The van der Waals surface area contributed by atoms with E-state index in [1.807, 2.05) is 0 Å². The summed E-state index contributed by atoms with van der Waals surface area (Å²) in [5, 5.41) is 10.9. The summed E-state index contributed by atoms with van der Waals surface area (Å²) in [6, 6.07) is 4.52. The summed E-state index contributed by atoms with van der Waals surface area (Å²) >= 11 is 0.394. The van der Waals surface area contributed by atoms with Crippen LogP contribution in [-0.4, -0.2) is 55.3 Å². The summed E-state index contributed by atoms with van der Waals surface area (Å²) in [4.78, 5) is 57.2. The molecule has 3 saturated carbocycles. The van der Waals surface area contributed by atoms with Crippen molar-refractivity contribution >= 4 is 28.6 Å². The summed E-state index contributed by atoms with van der Waals surface area (Å²) in [5.41, 5.74) is -6.02. The zero-order chi connectivity index (χ0) is 31.5. The molecule has 2 aromatic heterocycles. The number of nitrogens with zero attached hydrogens (tertiary/aromatic N) is 1. The minimum absolute atomic E-state index is 0.0106. The van der Waals surface area contributed by atoms with Crippen molar-refractivity contribution in [1.82, 2.24) is 9.97 Å². The van der Waals surface area contributed by atoms with Gasteiger partial charge in [0.25, 0.3) is 0 Å². The lowest BCUT2D eigenvalue weighted by Crippen LogP contribution is -2.69. The lowest BCUT2D eigenvalue weighted by atomic mass is 9.45. The second-order valence-corrected chi connectivity index (χ2v) is 13.3. The molecule has 0 saturated heterocycles. The second-order valence-electron chi connectivity index (χ2n) is 12.4. The molecule has 2 N–H and O–H groups in total. The van der Waals surface area contributed by atoms with Crippen molar-refractivity contribution in [2.24, 2.45) is 22.7 Å². The summed E-state index contributed by atoms with van der Waals surface area (Å²) in [6.45, 7) is 3.42. The molecule has 4 aliphatic carbocycles. The predicted molar refractivity (Wildman–Crippen MR) is 156 cm³/mol. The molecule has 232 valence electrons. The van der Waals surface area contributed by atoms with Crippen LogP contribution in [0, 0.1) is 22.7 Å². The van der Waals surface area contributed by atoms with Crippen molar-refractivity contribution in [1.29, 1.82) is 0 Å². The minimum Gasteiger partial charge on any atom is -0.446 e. The van der Waals surface area contributed by atoms with Crippen LogP contribution in [0.5, 0.6) is 11.6 Å². The van der Waals surface area contributed by atoms with Crippen LogP contribution < -0.4 is 10.3 Å². The number of aromatic amines is 1. The number of pyridine rings is 2. The molecule has 2 heterocycles. The molecule has 0 amide bonds. The third-order valence-corrected chi connectivity index (χ3v) is 11.2. The maximum Gasteiger partial charge on any atom is 0.340 e. The second kappa shape index (κ2) is 10.8. The molecule has 0 radical (unpaired) electrons. The largest absolute Gasteiger partial charge is 0.446 e. The number of hydrogen-bond donors (Lipinski definition) is 2. The molecule has 7 atom stereocenters. The van der Waals surface area contributed by atoms with Crippen molar-refractivity contribution in [3.05, 3.63) is 76.4 Å². The van der Waals surface area contributed by atoms with Crippen LogP contribution >= 0.6 is 11.8 Å². The fourth-order valence-corrected chi connectivity index (χ4v) is 8.98. The molecule has 0 aliphatic heterocycles. The number of alkyl halides is 2. The third-order valence-electron chi connectivity index (χ3n) is 10.5. The summed E-state index contributed by atoms with van der Waals surface area (Å²) in [6.07, 6.45) is 6.31. The molecule has 4 aliphatic rings. The van der Waals surface area contributed by atoms with Gasteiger partial charge >= 0.3 is 5.97 Å². The molecule has 0 spiro atoms. The van der Waals surface area contributed by atoms with Crippen molar-refractivity contribution in [2.75, 3.05) is 6.01 Å². The highest BCUT2D eigenvalue weighted by Gasteiger charge is 2.75. The molecular weight excluding hydrogens is 594 g/mol. The van der Waals surface area contributed by atoms with Crippen molar-refractivity contribution < 1.29 is 37.7 Å². The van der Waals surface area contributed by atoms with Gasteiger partial charge in [-0.2, -0.15) is 0 Å². The number of allylic oxidation sites excluding steroid dienone is 4. The highest BCUT2D eigenvalue weighted by molar-refractivity contribution is 8.13. The van der Waals surface area contributed by atoms with Crippen molar-refractivity contribution in [3.63, 3.8) is 0 Å². The summed E-state index contributed by atoms with van der Waals surface area (Å²) in [7, 11) is 0. The first-order valence-corrected chi connectivity index (χ1v) is 15.5. The van der Waals surface area contributed by atoms with Gasteiger partial charge < -0.3 is 19.6 Å². The van der Waals surface area contributed by atoms with E-state index >= 15 is 4.39 Å². The molecular formula is C32H32F2N2O7S. The Morgan fingerprint density at radius 1 is 1.16 bits per heavy atom. The van der Waals surface area contributed by atoms with E-state index in [2.05, 4.69) is 9.97 Å². The van der Waals surface area contributed by atoms with E-state index in [4.69, 9.17) is 9.47 Å². The van der Waals surface area contributed by atoms with Crippen LogP contribution in [0.25, 0.3) is 0 Å². The molecule has 0 bridgehead atoms. The number of H-pyrrole nitrogens is 1. The number of nitrogens with one attached hydrogen (secondary N) is 1. The van der Waals surface area contributed by atoms with Gasteiger partial charge in [0.1, 0.15) is 11.8 Å². The summed E-state index contributed by atoms with van der Waals surface area (Å²) < 4.78 is 42.7. The van der Waals surface area contributed by atoms with E-state index in [1.165, 1.54) is 48.8 Å². The minimum atomic E-state index is -2.12. The fraction of sp³-hybridized carbons (Fsp3) is 0.469. The van der Waals surface area contributed by atoms with Gasteiger partial charge in [-0.05, 0) is 81.0 Å². The smallest absolute Gasteiger partial charge is 0.340 e. The zero-order valence-electron chi connectivity index (χ0n) is 24.2. The number of aliphatic hydroxyl groups excluding tert-OH is 1. The number of aromatic nitrogens is 2. The maximum atomic E-state index is 17.5. The zero-order valence-corrected chi connectivity index (χ0v) is 25.0. The first kappa shape index (κ1) is 30.4. The number of ketones is 1. The standard InChI is InChI=1S/C32H32F2N2O7S/c1-29-11-9-20(37)13-19(29)4-6-23-22-10-12-31(28(41)44-17-33,30(22,2)14-24(38)32(23,29)34)43-27(40)18-3-8-26(36-15-18)42-21-5-7-25(39)35-16-21/h3,5,7-9,11,13,15-16,22-24,38H,4,6,10,12,14,17H2,1-2H3,(H,35,39)/t22-,23-,24-,29-,30-,31-,32-/m0/s1. The van der Waals surface area contributed by atoms with Gasteiger partial charge in [0.2, 0.25) is 16.6 Å². The first-order valence-electron chi connectivity index (χ1n) is 14.5. The van der Waals surface area contributed by atoms with Gasteiger partial charge in [-0.15, -0.1) is 0 Å². The van der Waals surface area contributed by atoms with Crippen LogP contribution in [0.3, 0.4) is 0 Å². The van der Waals surface area contributed by atoms with E-state index in [-0.39, 0.29) is 35.6 Å². The average molecular weight is 627 g/mol. The van der Waals surface area contributed by atoms with Crippen molar-refractivity contribution in [3.8, 4) is 11.6 Å². The number of esters is 1. The van der Waals surface area contributed by atoms with E-state index in [0.29, 0.717) is 42.3 Å². The SMILES string of the molecule is C[C@]12C=CC(=O)C=C1CC[C@H]1[C@@H]3CC[C@](OC(=O)c4ccc(Oc5ccc(=O)[nH]c5)nc4)(C(=O)SCF)[C@@]3(C)C[C@H](O)[C@@]12F. The molecule has 6 rings (SSSR count). The Hall–Kier alpha value is -3.64. The number of carbonyl (C=O) groups is 3. The van der Waals surface area contributed by atoms with Crippen LogP contribution in [-0.2, 0) is 14.3 Å². The predicted octanol–water partition coefficient (Wildman–Crippen LogP) is 5.02. The topological polar surface area (TPSA) is 136 Å². The highest BCUT2D eigenvalue weighted by atomic mass is 32.2. The van der Waals surface area contributed by atoms with Gasteiger partial charge in [0.05, 0.1) is 11.7 Å². The number of rotatable bonds is 6. The van der Waals surface area contributed by atoms with E-state index in [0.717, 1.165) is 0 Å². The number of ether oxygens (including phenoxy) is 2. The number of aliphatic hydroxyl groups is 1. The highest BCUT2D eigenvalue weighted by Crippen LogP contribution is 2.70. The Morgan fingerprint density at radius 2 is 1.95 bits per heavy atom. The Bertz CT molecular complexity index is 1620. The van der Waals surface area contributed by atoms with Gasteiger partial charge in [-0.3, -0.25) is 14.4 Å². The number of halogens is 2. The molecule has 44 heavy (non-hydrogen) atoms. The van der Waals surface area contributed by atoms with E-state index in [1.54, 1.807) is 19.9 Å². The van der Waals surface area contributed by atoms with Crippen LogP contribution in [0.4, 0.5) is 8.78 Å². The lowest BCUT2D eigenvalue weighted by Gasteiger charge is -2.62. The van der Waals surface area contributed by atoms with Gasteiger partial charge in [-0.1, -0.05) is 18.6 Å². The Morgan fingerprint density at radius 3 is 2.64 bits per heavy atom. The molecule has 3 fully saturated rings. The first-order chi connectivity index (χ1) is 20.9. The maximum absolute atomic E-state index is 17.5. The van der Waals surface area contributed by atoms with Gasteiger partial charge in [0, 0.05) is 41.3 Å². The Balaban J connectivity index is 1.30. The normalized spacial score (nSPS) is 35.6. The van der Waals surface area contributed by atoms with Crippen LogP contribution in [0.2, 0.25) is 0 Å². The van der Waals surface area contributed by atoms with Gasteiger partial charge in [-0.25, -0.2) is 18.6 Å². The number of thioether (sulfide) groups is 1. The Kier molecular flexibility index (Phi) is 7.43. The van der Waals surface area contributed by atoms with Crippen LogP contribution in [0.1, 0.15) is 56.3 Å². The third kappa shape index (κ3) is 4.40. The fourth-order valence-electron chi connectivity index (χ4n) is 8.27. The van der Waals surface area contributed by atoms with E-state index < -0.39 is 57.1 Å². The molecule has 12 heteroatoms. The van der Waals surface area contributed by atoms with Crippen molar-refractivity contribution in [2.45, 2.75) is 63.3 Å². The van der Waals surface area contributed by atoms with E-state index in [9.17, 15) is 28.7 Å². The monoisotopic (exact) mass is 626 g/mol. The number of carbonyl (C=O) groups excluding carboxylic acids is 3. The number of fused-ring (bicyclic) bond motifs is 5. The quantitative estimate of drug-likeness (QED) is 0.424. The molecule has 0 unspecified atom stereocenters. The van der Waals surface area contributed by atoms with Crippen LogP contribution in [0.15, 0.2) is 65.3 Å². The summed E-state index contributed by atoms with van der Waals surface area (Å²) in [5.74, 6) is -1.81. The Labute approximate surface area is 256 Å². The van der Waals surface area contributed by atoms with Gasteiger partial charge in [0.15, 0.2) is 17.1 Å². The molecule has 2 aromatic rings. The molecule has 0 aromatic carbocycles. The number of hydrogen-bond acceptors (Lipinski definition) is 9.